The molecule has 3 aliphatic heterocycles. The van der Waals surface area contributed by atoms with Gasteiger partial charge in [0.1, 0.15) is 5.82 Å². The van der Waals surface area contributed by atoms with E-state index in [0.29, 0.717) is 49.7 Å². The Morgan fingerprint density at radius 2 is 2.04 bits per heavy atom. The normalized spacial score (nSPS) is 21.7. The second-order valence-corrected chi connectivity index (χ2v) is 11.7. The number of piperidine rings is 1. The summed E-state index contributed by atoms with van der Waals surface area (Å²) in [5.74, 6) is 0.653. The third-order valence-electron chi connectivity index (χ3n) is 8.34. The Bertz CT molecular complexity index is 1720. The number of hydrazine groups is 1. The molecule has 4 heterocycles. The summed E-state index contributed by atoms with van der Waals surface area (Å²) in [4.78, 5) is 26.3. The second-order valence-electron chi connectivity index (χ2n) is 11.7. The van der Waals surface area contributed by atoms with Crippen molar-refractivity contribution in [3.8, 4) is 11.3 Å². The number of aliphatic imine (C=N–C) groups is 2. The summed E-state index contributed by atoms with van der Waals surface area (Å²) >= 11 is 0. The molecule has 1 amide bonds. The first-order chi connectivity index (χ1) is 21.8. The van der Waals surface area contributed by atoms with E-state index in [9.17, 15) is 14.3 Å². The van der Waals surface area contributed by atoms with Crippen molar-refractivity contribution in [3.63, 3.8) is 0 Å². The van der Waals surface area contributed by atoms with Gasteiger partial charge in [0.05, 0.1) is 18.3 Å². The number of rotatable bonds is 8. The van der Waals surface area contributed by atoms with E-state index in [1.165, 1.54) is 5.57 Å². The number of amides is 1. The molecule has 1 aromatic heterocycles. The average Bonchev–Trinajstić information content (AvgIpc) is 3.48. The Hall–Kier alpha value is -4.65. The van der Waals surface area contributed by atoms with Crippen LogP contribution in [0.5, 0.6) is 0 Å². The van der Waals surface area contributed by atoms with Gasteiger partial charge in [-0.3, -0.25) is 20.1 Å². The van der Waals surface area contributed by atoms with Crippen LogP contribution in [0.15, 0.2) is 88.5 Å². The molecular weight excluding hydrogens is 573 g/mol. The number of aliphatic hydroxyl groups excluding tert-OH is 1. The zero-order chi connectivity index (χ0) is 31.5. The summed E-state index contributed by atoms with van der Waals surface area (Å²) in [7, 11) is 0. The molecule has 45 heavy (non-hydrogen) atoms. The van der Waals surface area contributed by atoms with Gasteiger partial charge >= 0.3 is 0 Å². The third-order valence-corrected chi connectivity index (χ3v) is 8.34. The molecule has 0 radical (unpaired) electrons. The molecule has 11 nitrogen and oxygen atoms in total. The molecule has 6 rings (SSSR count). The van der Waals surface area contributed by atoms with Gasteiger partial charge in [-0.05, 0) is 53.6 Å². The lowest BCUT2D eigenvalue weighted by molar-refractivity contribution is -0.114. The minimum absolute atomic E-state index is 0.0941. The van der Waals surface area contributed by atoms with Gasteiger partial charge in [0.15, 0.2) is 5.83 Å². The van der Waals surface area contributed by atoms with Gasteiger partial charge in [-0.15, -0.1) is 0 Å². The van der Waals surface area contributed by atoms with Gasteiger partial charge in [0.25, 0.3) is 5.91 Å². The number of fused-ring (bicyclic) bond motifs is 2. The number of hydrogen-bond acceptors (Lipinski definition) is 7. The standard InChI is InChI=1S/C33H38FN9O2/c1-19(2)27-17-39-43-30(27)41-32(37-16-23-10-12-35-18-28(23)44)42-33(43)38-15-22-6-4-5-7-25(22)29-26-9-8-24(40-31(45)20(3)34)14-21(26)11-13-36-29/h4-9,11,13-14,19,23,28,35,39,44H,3,10,12,15-18H2,1-2H3,(H,40,45)(H2,37,38,41,42)/t23-,28+/m1/s1. The Labute approximate surface area is 261 Å². The minimum Gasteiger partial charge on any atom is -0.391 e. The highest BCUT2D eigenvalue weighted by molar-refractivity contribution is 6.04. The summed E-state index contributed by atoms with van der Waals surface area (Å²) in [5.41, 5.74) is 7.81. The zero-order valence-electron chi connectivity index (χ0n) is 25.4. The quantitative estimate of drug-likeness (QED) is 0.213. The summed E-state index contributed by atoms with van der Waals surface area (Å²) in [6, 6.07) is 15.2. The van der Waals surface area contributed by atoms with Gasteiger partial charge < -0.3 is 21.1 Å². The smallest absolute Gasteiger partial charge is 0.283 e. The first-order valence-electron chi connectivity index (χ1n) is 15.2. The number of β-amino-alcohol motifs (C(OH)–C–C–N with tert-alkyl or cyclic N) is 1. The summed E-state index contributed by atoms with van der Waals surface area (Å²) in [6.07, 6.45) is 2.17. The predicted molar refractivity (Wildman–Crippen MR) is 174 cm³/mol. The molecule has 234 valence electrons. The average molecular weight is 612 g/mol. The fourth-order valence-corrected chi connectivity index (χ4v) is 5.80. The van der Waals surface area contributed by atoms with Crippen molar-refractivity contribution in [2.24, 2.45) is 21.8 Å². The summed E-state index contributed by atoms with van der Waals surface area (Å²) in [5, 5.41) is 26.6. The fraction of sp³-hybridized carbons (Fsp3) is 0.333. The molecule has 0 spiro atoms. The Kier molecular flexibility index (Phi) is 8.87. The topological polar surface area (TPSA) is 138 Å². The van der Waals surface area contributed by atoms with Crippen LogP contribution in [0.4, 0.5) is 10.1 Å². The lowest BCUT2D eigenvalue weighted by Crippen LogP contribution is -2.59. The number of nitrogens with zero attached hydrogens (tertiary/aromatic N) is 4. The highest BCUT2D eigenvalue weighted by atomic mass is 19.1. The number of carbonyl (C=O) groups is 1. The van der Waals surface area contributed by atoms with E-state index in [2.05, 4.69) is 47.1 Å². The molecule has 3 aliphatic rings. The number of anilines is 1. The van der Waals surface area contributed by atoms with Crippen LogP contribution < -0.4 is 26.7 Å². The van der Waals surface area contributed by atoms with E-state index in [0.717, 1.165) is 46.4 Å². The number of aromatic nitrogens is 1. The van der Waals surface area contributed by atoms with Crippen molar-refractivity contribution in [2.75, 3.05) is 31.5 Å². The lowest BCUT2D eigenvalue weighted by atomic mass is 9.95. The van der Waals surface area contributed by atoms with E-state index in [4.69, 9.17) is 15.0 Å². The maximum atomic E-state index is 13.2. The summed E-state index contributed by atoms with van der Waals surface area (Å²) in [6.45, 7) is 10.4. The lowest BCUT2D eigenvalue weighted by Gasteiger charge is -2.32. The number of halogens is 1. The van der Waals surface area contributed by atoms with Crippen LogP contribution in [0.3, 0.4) is 0 Å². The van der Waals surface area contributed by atoms with Crippen molar-refractivity contribution >= 4 is 34.3 Å². The molecule has 0 saturated carbocycles. The molecule has 3 aromatic rings. The maximum absolute atomic E-state index is 13.2. The zero-order valence-corrected chi connectivity index (χ0v) is 25.4. The monoisotopic (exact) mass is 611 g/mol. The number of nitrogens with one attached hydrogen (secondary N) is 5. The van der Waals surface area contributed by atoms with Gasteiger partial charge in [0.2, 0.25) is 11.9 Å². The molecule has 0 bridgehead atoms. The number of carbonyl (C=O) groups excluding carboxylic acids is 1. The number of guanidine groups is 2. The van der Waals surface area contributed by atoms with Crippen molar-refractivity contribution in [2.45, 2.75) is 32.9 Å². The number of hydrogen-bond donors (Lipinski definition) is 6. The highest BCUT2D eigenvalue weighted by Crippen LogP contribution is 2.31. The summed E-state index contributed by atoms with van der Waals surface area (Å²) < 4.78 is 13.2. The van der Waals surface area contributed by atoms with Crippen LogP contribution >= 0.6 is 0 Å². The first kappa shape index (κ1) is 30.4. The van der Waals surface area contributed by atoms with Gasteiger partial charge in [0, 0.05) is 48.4 Å². The van der Waals surface area contributed by atoms with E-state index in [1.54, 1.807) is 18.3 Å². The highest BCUT2D eigenvalue weighted by Gasteiger charge is 2.33. The second kappa shape index (κ2) is 13.1. The number of benzene rings is 2. The Balaban J connectivity index is 1.29. The van der Waals surface area contributed by atoms with E-state index >= 15 is 0 Å². The maximum Gasteiger partial charge on any atom is 0.283 e. The van der Waals surface area contributed by atoms with Crippen LogP contribution in [0.25, 0.3) is 22.0 Å². The predicted octanol–water partition coefficient (Wildman–Crippen LogP) is 3.39. The van der Waals surface area contributed by atoms with Crippen molar-refractivity contribution < 1.29 is 14.3 Å². The first-order valence-corrected chi connectivity index (χ1v) is 15.2. The molecule has 12 heteroatoms. The molecule has 0 aliphatic carbocycles. The Morgan fingerprint density at radius 1 is 1.20 bits per heavy atom. The molecule has 6 N–H and O–H groups in total. The largest absolute Gasteiger partial charge is 0.391 e. The molecule has 0 unspecified atom stereocenters. The third kappa shape index (κ3) is 6.58. The van der Waals surface area contributed by atoms with Crippen LogP contribution in [-0.4, -0.2) is 65.2 Å². The van der Waals surface area contributed by atoms with Crippen molar-refractivity contribution in [1.82, 2.24) is 31.4 Å². The van der Waals surface area contributed by atoms with Crippen molar-refractivity contribution in [1.29, 1.82) is 0 Å². The van der Waals surface area contributed by atoms with Gasteiger partial charge in [-0.2, -0.15) is 0 Å². The number of aliphatic hydroxyl groups is 1. The SMILES string of the molecule is C=C(F)C(=O)Nc1ccc2c(-c3ccccc3CN=C3NC(=NC[C@H]4CCNC[C@@H]4O)NC4=C(C(C)C)CNN34)nccc2c1. The molecular formula is C33H38FN9O2. The van der Waals surface area contributed by atoms with Crippen LogP contribution in [-0.2, 0) is 11.3 Å². The van der Waals surface area contributed by atoms with Crippen molar-refractivity contribution in [3.05, 3.63) is 84.1 Å². The van der Waals surface area contributed by atoms with Crippen LogP contribution in [0, 0.1) is 11.8 Å². The van der Waals surface area contributed by atoms with E-state index in [1.807, 2.05) is 41.4 Å². The molecule has 2 aromatic carbocycles. The minimum atomic E-state index is -1.05. The van der Waals surface area contributed by atoms with Crippen LogP contribution in [0.1, 0.15) is 25.8 Å². The fourth-order valence-electron chi connectivity index (χ4n) is 5.80. The number of pyridine rings is 1. The molecule has 2 atom stereocenters. The van der Waals surface area contributed by atoms with Crippen LogP contribution in [0.2, 0.25) is 0 Å². The Morgan fingerprint density at radius 3 is 2.84 bits per heavy atom. The van der Waals surface area contributed by atoms with E-state index in [-0.39, 0.29) is 5.92 Å². The molecule has 2 fully saturated rings. The molecule has 2 saturated heterocycles. The van der Waals surface area contributed by atoms with Gasteiger partial charge in [-0.1, -0.05) is 50.8 Å². The van der Waals surface area contributed by atoms with E-state index < -0.39 is 17.8 Å². The van der Waals surface area contributed by atoms with Gasteiger partial charge in [-0.25, -0.2) is 19.8 Å².